The van der Waals surface area contributed by atoms with Gasteiger partial charge < -0.3 is 24.3 Å². The van der Waals surface area contributed by atoms with Gasteiger partial charge in [-0.1, -0.05) is 71.0 Å². The Balaban J connectivity index is 1.32. The molecule has 4 rings (SSSR count). The van der Waals surface area contributed by atoms with Crippen LogP contribution in [0.3, 0.4) is 0 Å². The molecule has 0 spiro atoms. The van der Waals surface area contributed by atoms with Gasteiger partial charge in [-0.25, -0.2) is 0 Å². The molecule has 0 radical (unpaired) electrons. The van der Waals surface area contributed by atoms with Crippen molar-refractivity contribution in [1.82, 2.24) is 0 Å². The molecule has 8 nitrogen and oxygen atoms in total. The standard InChI is InChI=1S/C31H28N2O6/c1-36-32-30(24-8-4-2-5-9-24)22-38-26-16-12-23(13-17-26)21-37-27-18-14-25(15-19-27)29(20-31(34)35)33-39-28-10-6-3-7-11-28/h2-19H,20-22H2,1H3,(H,34,35). The molecule has 198 valence electrons. The maximum atomic E-state index is 11.3. The van der Waals surface area contributed by atoms with Crippen LogP contribution in [0.15, 0.2) is 120 Å². The minimum absolute atomic E-state index is 0.267. The van der Waals surface area contributed by atoms with Gasteiger partial charge in [0.05, 0.1) is 12.1 Å². The predicted octanol–water partition coefficient (Wildman–Crippen LogP) is 5.95. The van der Waals surface area contributed by atoms with Crippen molar-refractivity contribution in [3.8, 4) is 17.2 Å². The molecule has 8 heteroatoms. The van der Waals surface area contributed by atoms with Crippen LogP contribution in [0, 0.1) is 0 Å². The maximum absolute atomic E-state index is 11.3. The zero-order valence-electron chi connectivity index (χ0n) is 21.4. The molecule has 39 heavy (non-hydrogen) atoms. The van der Waals surface area contributed by atoms with Crippen LogP contribution in [-0.4, -0.2) is 36.2 Å². The van der Waals surface area contributed by atoms with E-state index in [2.05, 4.69) is 10.3 Å². The maximum Gasteiger partial charge on any atom is 0.309 e. The van der Waals surface area contributed by atoms with Gasteiger partial charge >= 0.3 is 5.97 Å². The summed E-state index contributed by atoms with van der Waals surface area (Å²) in [5, 5.41) is 17.4. The van der Waals surface area contributed by atoms with E-state index in [0.29, 0.717) is 40.8 Å². The minimum atomic E-state index is -1.000. The second-order valence-corrected chi connectivity index (χ2v) is 8.35. The molecule has 4 aromatic rings. The average Bonchev–Trinajstić information content (AvgIpc) is 2.98. The fourth-order valence-corrected chi connectivity index (χ4v) is 3.57. The van der Waals surface area contributed by atoms with E-state index in [1.54, 1.807) is 36.4 Å². The van der Waals surface area contributed by atoms with Crippen LogP contribution in [0.5, 0.6) is 17.2 Å². The molecule has 0 unspecified atom stereocenters. The molecule has 0 saturated heterocycles. The molecule has 0 aliphatic carbocycles. The fourth-order valence-electron chi connectivity index (χ4n) is 3.57. The molecule has 0 aliphatic rings. The third-order valence-corrected chi connectivity index (χ3v) is 5.52. The summed E-state index contributed by atoms with van der Waals surface area (Å²) in [5.41, 5.74) is 3.52. The van der Waals surface area contributed by atoms with Crippen LogP contribution < -0.4 is 14.3 Å². The summed E-state index contributed by atoms with van der Waals surface area (Å²) >= 11 is 0. The summed E-state index contributed by atoms with van der Waals surface area (Å²) in [6.45, 7) is 0.622. The van der Waals surface area contributed by atoms with Crippen molar-refractivity contribution in [3.05, 3.63) is 126 Å². The van der Waals surface area contributed by atoms with Gasteiger partial charge in [0, 0.05) is 11.1 Å². The van der Waals surface area contributed by atoms with Crippen LogP contribution in [0.4, 0.5) is 0 Å². The number of nitrogens with zero attached hydrogens (tertiary/aromatic N) is 2. The lowest BCUT2D eigenvalue weighted by molar-refractivity contribution is -0.135. The Labute approximate surface area is 226 Å². The van der Waals surface area contributed by atoms with Gasteiger partial charge in [-0.05, 0) is 54.1 Å². The lowest BCUT2D eigenvalue weighted by Crippen LogP contribution is -2.13. The van der Waals surface area contributed by atoms with Crippen molar-refractivity contribution >= 4 is 17.4 Å². The van der Waals surface area contributed by atoms with E-state index < -0.39 is 5.97 Å². The molecule has 0 bridgehead atoms. The predicted molar refractivity (Wildman–Crippen MR) is 149 cm³/mol. The number of ether oxygens (including phenoxy) is 2. The van der Waals surface area contributed by atoms with Crippen molar-refractivity contribution in [2.75, 3.05) is 13.7 Å². The molecule has 1 N–H and O–H groups in total. The van der Waals surface area contributed by atoms with Crippen molar-refractivity contribution < 1.29 is 29.0 Å². The van der Waals surface area contributed by atoms with Crippen LogP contribution >= 0.6 is 0 Å². The van der Waals surface area contributed by atoms with E-state index in [1.165, 1.54) is 7.11 Å². The number of hydrogen-bond acceptors (Lipinski definition) is 7. The number of carboxylic acid groups (broad SMARTS) is 1. The lowest BCUT2D eigenvalue weighted by Gasteiger charge is -2.11. The zero-order valence-corrected chi connectivity index (χ0v) is 21.4. The minimum Gasteiger partial charge on any atom is -0.489 e. The molecule has 0 heterocycles. The Kier molecular flexibility index (Phi) is 9.67. The van der Waals surface area contributed by atoms with Gasteiger partial charge in [-0.3, -0.25) is 4.79 Å². The van der Waals surface area contributed by atoms with E-state index >= 15 is 0 Å². The van der Waals surface area contributed by atoms with E-state index in [1.807, 2.05) is 72.8 Å². The summed E-state index contributed by atoms with van der Waals surface area (Å²) in [6.07, 6.45) is -0.272. The van der Waals surface area contributed by atoms with Crippen molar-refractivity contribution in [1.29, 1.82) is 0 Å². The number of benzene rings is 4. The number of carbonyl (C=O) groups is 1. The molecular weight excluding hydrogens is 496 g/mol. The number of hydrogen-bond donors (Lipinski definition) is 1. The summed E-state index contributed by atoms with van der Waals surface area (Å²) < 4.78 is 11.8. The monoisotopic (exact) mass is 524 g/mol. The Morgan fingerprint density at radius 3 is 1.90 bits per heavy atom. The molecular formula is C31H28N2O6. The number of para-hydroxylation sites is 1. The van der Waals surface area contributed by atoms with Crippen LogP contribution in [0.1, 0.15) is 23.1 Å². The smallest absolute Gasteiger partial charge is 0.309 e. The summed E-state index contributed by atoms with van der Waals surface area (Å²) in [6, 6.07) is 33.4. The largest absolute Gasteiger partial charge is 0.489 e. The van der Waals surface area contributed by atoms with E-state index in [0.717, 1.165) is 11.1 Å². The zero-order chi connectivity index (χ0) is 27.3. The van der Waals surface area contributed by atoms with E-state index in [9.17, 15) is 9.90 Å². The summed E-state index contributed by atoms with van der Waals surface area (Å²) in [4.78, 5) is 21.7. The first-order chi connectivity index (χ1) is 19.1. The van der Waals surface area contributed by atoms with Gasteiger partial charge in [0.2, 0.25) is 0 Å². The Morgan fingerprint density at radius 1 is 0.667 bits per heavy atom. The van der Waals surface area contributed by atoms with Crippen LogP contribution in [0.2, 0.25) is 0 Å². The Morgan fingerprint density at radius 2 is 1.26 bits per heavy atom. The Bertz CT molecular complexity index is 1390. The highest BCUT2D eigenvalue weighted by molar-refractivity contribution is 6.08. The first-order valence-electron chi connectivity index (χ1n) is 12.2. The normalized spacial score (nSPS) is 11.5. The van der Waals surface area contributed by atoms with Gasteiger partial charge in [-0.2, -0.15) is 0 Å². The first-order valence-corrected chi connectivity index (χ1v) is 12.2. The quantitative estimate of drug-likeness (QED) is 0.171. The highest BCUT2D eigenvalue weighted by Gasteiger charge is 2.11. The fraction of sp³-hybridized carbons (Fsp3) is 0.129. The molecule has 0 atom stereocenters. The SMILES string of the molecule is CON=C(COc1ccc(COc2ccc(C(CC(=O)O)=NOc3ccccc3)cc2)cc1)c1ccccc1. The molecule has 0 aliphatic heterocycles. The highest BCUT2D eigenvalue weighted by atomic mass is 16.6. The van der Waals surface area contributed by atoms with Crippen LogP contribution in [-0.2, 0) is 16.2 Å². The molecule has 0 amide bonds. The van der Waals surface area contributed by atoms with Gasteiger partial charge in [0.1, 0.15) is 37.5 Å². The van der Waals surface area contributed by atoms with Crippen molar-refractivity contribution in [2.45, 2.75) is 13.0 Å². The van der Waals surface area contributed by atoms with Crippen LogP contribution in [0.25, 0.3) is 0 Å². The first kappa shape index (κ1) is 26.9. The summed E-state index contributed by atoms with van der Waals surface area (Å²) in [5.74, 6) is 0.865. The molecule has 0 fully saturated rings. The second kappa shape index (κ2) is 14.0. The molecule has 4 aromatic carbocycles. The second-order valence-electron chi connectivity index (χ2n) is 8.35. The van der Waals surface area contributed by atoms with E-state index in [-0.39, 0.29) is 13.0 Å². The highest BCUT2D eigenvalue weighted by Crippen LogP contribution is 2.19. The number of oxime groups is 2. The van der Waals surface area contributed by atoms with Gasteiger partial charge in [-0.15, -0.1) is 0 Å². The molecule has 0 aromatic heterocycles. The number of aliphatic carboxylic acids is 1. The summed E-state index contributed by atoms with van der Waals surface area (Å²) in [7, 11) is 1.51. The third-order valence-electron chi connectivity index (χ3n) is 5.52. The molecule has 0 saturated carbocycles. The van der Waals surface area contributed by atoms with Crippen molar-refractivity contribution in [3.63, 3.8) is 0 Å². The number of carboxylic acids is 1. The van der Waals surface area contributed by atoms with Gasteiger partial charge in [0.15, 0.2) is 5.75 Å². The van der Waals surface area contributed by atoms with Crippen molar-refractivity contribution in [2.24, 2.45) is 10.3 Å². The lowest BCUT2D eigenvalue weighted by atomic mass is 10.1. The van der Waals surface area contributed by atoms with E-state index in [4.69, 9.17) is 19.1 Å². The third kappa shape index (κ3) is 8.46. The topological polar surface area (TPSA) is 98.9 Å². The van der Waals surface area contributed by atoms with Gasteiger partial charge in [0.25, 0.3) is 0 Å². The Hall–Kier alpha value is -5.11. The average molecular weight is 525 g/mol. The number of rotatable bonds is 13.